The molecule has 1 aromatic rings. The molecule has 2 N–H and O–H groups in total. The minimum Gasteiger partial charge on any atom is -0.395 e. The lowest BCUT2D eigenvalue weighted by molar-refractivity contribution is 0.253. The Morgan fingerprint density at radius 1 is 1.26 bits per heavy atom. The van der Waals surface area contributed by atoms with Crippen LogP contribution >= 0.6 is 11.8 Å². The molecule has 0 spiro atoms. The molecule has 1 aliphatic heterocycles. The maximum Gasteiger partial charge on any atom is 0.0564 e. The van der Waals surface area contributed by atoms with Crippen LogP contribution in [0.4, 0.5) is 0 Å². The van der Waals surface area contributed by atoms with Crippen LogP contribution < -0.4 is 5.32 Å². The molecule has 1 aliphatic carbocycles. The molecule has 2 fully saturated rings. The van der Waals surface area contributed by atoms with Crippen molar-refractivity contribution >= 4 is 11.8 Å². The summed E-state index contributed by atoms with van der Waals surface area (Å²) in [4.78, 5) is 2.63. The molecule has 0 radical (unpaired) electrons. The molecule has 1 aromatic carbocycles. The van der Waals surface area contributed by atoms with Gasteiger partial charge in [-0.3, -0.25) is 4.90 Å². The Hall–Kier alpha value is -0.550. The van der Waals surface area contributed by atoms with E-state index in [1.807, 2.05) is 0 Å². The zero-order valence-corrected chi connectivity index (χ0v) is 15.1. The van der Waals surface area contributed by atoms with E-state index in [-0.39, 0.29) is 6.61 Å². The summed E-state index contributed by atoms with van der Waals surface area (Å²) < 4.78 is 0. The van der Waals surface area contributed by atoms with Gasteiger partial charge in [-0.15, -0.1) is 0 Å². The number of likely N-dealkylation sites (tertiary alicyclic amines) is 1. The van der Waals surface area contributed by atoms with Crippen molar-refractivity contribution in [2.75, 3.05) is 26.0 Å². The van der Waals surface area contributed by atoms with E-state index in [1.54, 1.807) is 11.8 Å². The van der Waals surface area contributed by atoms with E-state index in [4.69, 9.17) is 0 Å². The van der Waals surface area contributed by atoms with Gasteiger partial charge < -0.3 is 10.4 Å². The quantitative estimate of drug-likeness (QED) is 0.803. The average Bonchev–Trinajstić information content (AvgIpc) is 3.11. The van der Waals surface area contributed by atoms with E-state index in [9.17, 15) is 5.11 Å². The summed E-state index contributed by atoms with van der Waals surface area (Å²) >= 11 is 1.77. The molecule has 5 unspecified atom stereocenters. The molecule has 0 bridgehead atoms. The number of hydrogen-bond acceptors (Lipinski definition) is 4. The van der Waals surface area contributed by atoms with Crippen LogP contribution in [-0.4, -0.2) is 53.3 Å². The van der Waals surface area contributed by atoms with E-state index in [0.29, 0.717) is 17.3 Å². The lowest BCUT2D eigenvalue weighted by atomic mass is 9.97. The molecule has 3 nitrogen and oxygen atoms in total. The first-order valence-corrected chi connectivity index (χ1v) is 10.2. The van der Waals surface area contributed by atoms with Gasteiger partial charge in [0.05, 0.1) is 6.61 Å². The van der Waals surface area contributed by atoms with E-state index < -0.39 is 0 Å². The Bertz CT molecular complexity index is 480. The van der Waals surface area contributed by atoms with E-state index >= 15 is 0 Å². The van der Waals surface area contributed by atoms with Gasteiger partial charge in [-0.2, -0.15) is 11.8 Å². The van der Waals surface area contributed by atoms with Crippen molar-refractivity contribution in [3.8, 4) is 0 Å². The topological polar surface area (TPSA) is 35.5 Å². The SMILES string of the molecule is CSC(CO)C(C)NC1CCC2CN(Cc3ccccc3)CC21. The van der Waals surface area contributed by atoms with Crippen LogP contribution in [0.5, 0.6) is 0 Å². The van der Waals surface area contributed by atoms with Crippen molar-refractivity contribution in [3.05, 3.63) is 35.9 Å². The number of hydrogen-bond donors (Lipinski definition) is 2. The molecule has 0 amide bonds. The molecule has 128 valence electrons. The lowest BCUT2D eigenvalue weighted by Crippen LogP contribution is -2.46. The number of nitrogens with one attached hydrogen (secondary N) is 1. The standard InChI is InChI=1S/C19H30N2OS/c1-14(19(13-22)23-2)20-18-9-8-16-11-21(12-17(16)18)10-15-6-4-3-5-7-15/h3-7,14,16-20,22H,8-13H2,1-2H3. The van der Waals surface area contributed by atoms with Gasteiger partial charge in [0.1, 0.15) is 0 Å². The van der Waals surface area contributed by atoms with Gasteiger partial charge in [0.2, 0.25) is 0 Å². The smallest absolute Gasteiger partial charge is 0.0564 e. The maximum atomic E-state index is 9.49. The fourth-order valence-electron chi connectivity index (χ4n) is 4.42. The van der Waals surface area contributed by atoms with Crippen molar-refractivity contribution in [1.29, 1.82) is 0 Å². The van der Waals surface area contributed by atoms with Gasteiger partial charge >= 0.3 is 0 Å². The van der Waals surface area contributed by atoms with Crippen LogP contribution in [0.2, 0.25) is 0 Å². The highest BCUT2D eigenvalue weighted by molar-refractivity contribution is 7.99. The van der Waals surface area contributed by atoms with Crippen LogP contribution in [0.3, 0.4) is 0 Å². The molecular formula is C19H30N2OS. The second kappa shape index (κ2) is 8.02. The molecule has 1 heterocycles. The van der Waals surface area contributed by atoms with Crippen LogP contribution in [0.15, 0.2) is 30.3 Å². The Kier molecular flexibility index (Phi) is 6.02. The second-order valence-corrected chi connectivity index (χ2v) is 8.28. The van der Waals surface area contributed by atoms with Crippen molar-refractivity contribution in [1.82, 2.24) is 10.2 Å². The van der Waals surface area contributed by atoms with Gasteiger partial charge in [0.25, 0.3) is 0 Å². The van der Waals surface area contributed by atoms with Gasteiger partial charge in [0, 0.05) is 37.0 Å². The number of nitrogens with zero attached hydrogens (tertiary/aromatic N) is 1. The Labute approximate surface area is 144 Å². The summed E-state index contributed by atoms with van der Waals surface area (Å²) in [6.07, 6.45) is 4.74. The lowest BCUT2D eigenvalue weighted by Gasteiger charge is -2.29. The molecule has 2 aliphatic rings. The van der Waals surface area contributed by atoms with E-state index in [1.165, 1.54) is 31.5 Å². The van der Waals surface area contributed by atoms with Gasteiger partial charge in [-0.05, 0) is 43.4 Å². The Morgan fingerprint density at radius 3 is 2.74 bits per heavy atom. The van der Waals surface area contributed by atoms with E-state index in [0.717, 1.165) is 18.4 Å². The third kappa shape index (κ3) is 4.11. The molecule has 5 atom stereocenters. The minimum absolute atomic E-state index is 0.260. The van der Waals surface area contributed by atoms with Crippen LogP contribution in [0.1, 0.15) is 25.3 Å². The molecule has 1 saturated heterocycles. The molecular weight excluding hydrogens is 304 g/mol. The van der Waals surface area contributed by atoms with E-state index in [2.05, 4.69) is 53.7 Å². The summed E-state index contributed by atoms with van der Waals surface area (Å²) in [6, 6.07) is 11.8. The third-order valence-electron chi connectivity index (χ3n) is 5.70. The summed E-state index contributed by atoms with van der Waals surface area (Å²) in [6.45, 7) is 6.03. The normalized spacial score (nSPS) is 30.3. The predicted molar refractivity (Wildman–Crippen MR) is 98.7 cm³/mol. The number of benzene rings is 1. The first-order valence-electron chi connectivity index (χ1n) is 8.87. The zero-order chi connectivity index (χ0) is 16.2. The monoisotopic (exact) mass is 334 g/mol. The number of aliphatic hydroxyl groups is 1. The highest BCUT2D eigenvalue weighted by Gasteiger charge is 2.42. The fourth-order valence-corrected chi connectivity index (χ4v) is 5.05. The number of fused-ring (bicyclic) bond motifs is 1. The molecule has 23 heavy (non-hydrogen) atoms. The number of thioether (sulfide) groups is 1. The second-order valence-electron chi connectivity index (χ2n) is 7.20. The summed E-state index contributed by atoms with van der Waals surface area (Å²) in [5.74, 6) is 1.63. The molecule has 4 heteroatoms. The number of aliphatic hydroxyl groups excluding tert-OH is 1. The zero-order valence-electron chi connectivity index (χ0n) is 14.3. The average molecular weight is 335 g/mol. The third-order valence-corrected chi connectivity index (χ3v) is 6.86. The first-order chi connectivity index (χ1) is 11.2. The highest BCUT2D eigenvalue weighted by Crippen LogP contribution is 2.39. The largest absolute Gasteiger partial charge is 0.395 e. The Morgan fingerprint density at radius 2 is 2.04 bits per heavy atom. The van der Waals surface area contributed by atoms with Crippen LogP contribution in [0, 0.1) is 11.8 Å². The van der Waals surface area contributed by atoms with Crippen molar-refractivity contribution in [2.45, 2.75) is 43.6 Å². The Balaban J connectivity index is 1.54. The van der Waals surface area contributed by atoms with Gasteiger partial charge in [0.15, 0.2) is 0 Å². The van der Waals surface area contributed by atoms with Gasteiger partial charge in [-0.1, -0.05) is 30.3 Å². The summed E-state index contributed by atoms with van der Waals surface area (Å²) in [5, 5.41) is 13.6. The summed E-state index contributed by atoms with van der Waals surface area (Å²) in [7, 11) is 0. The van der Waals surface area contributed by atoms with Crippen LogP contribution in [-0.2, 0) is 6.54 Å². The minimum atomic E-state index is 0.260. The molecule has 0 aromatic heterocycles. The highest BCUT2D eigenvalue weighted by atomic mass is 32.2. The number of rotatable bonds is 7. The van der Waals surface area contributed by atoms with Crippen molar-refractivity contribution in [2.24, 2.45) is 11.8 Å². The molecule has 3 rings (SSSR count). The van der Waals surface area contributed by atoms with Crippen molar-refractivity contribution < 1.29 is 5.11 Å². The first kappa shape index (κ1) is 17.3. The summed E-state index contributed by atoms with van der Waals surface area (Å²) in [5.41, 5.74) is 1.42. The fraction of sp³-hybridized carbons (Fsp3) is 0.684. The molecule has 1 saturated carbocycles. The maximum absolute atomic E-state index is 9.49. The van der Waals surface area contributed by atoms with Crippen LogP contribution in [0.25, 0.3) is 0 Å². The van der Waals surface area contributed by atoms with Gasteiger partial charge in [-0.25, -0.2) is 0 Å². The van der Waals surface area contributed by atoms with Crippen molar-refractivity contribution in [3.63, 3.8) is 0 Å². The predicted octanol–water partition coefficient (Wildman–Crippen LogP) is 2.60.